The van der Waals surface area contributed by atoms with Crippen molar-refractivity contribution in [3.8, 4) is 0 Å². The first kappa shape index (κ1) is 29.1. The molecule has 1 fully saturated rings. The van der Waals surface area contributed by atoms with E-state index in [9.17, 15) is 9.46 Å². The second kappa shape index (κ2) is 19.6. The Kier molecular flexibility index (Phi) is 18.4. The summed E-state index contributed by atoms with van der Waals surface area (Å²) in [6.45, 7) is 4.88. The molecule has 0 aliphatic heterocycles. The second-order valence-corrected chi connectivity index (χ2v) is 11.2. The molecule has 0 heterocycles. The summed E-state index contributed by atoms with van der Waals surface area (Å²) in [5.41, 5.74) is 0. The Morgan fingerprint density at radius 1 is 0.742 bits per heavy atom. The largest absolute Gasteiger partial charge is 0.472 e. The van der Waals surface area contributed by atoms with Crippen LogP contribution in [0.3, 0.4) is 0 Å². The molecule has 0 amide bonds. The van der Waals surface area contributed by atoms with Crippen molar-refractivity contribution in [2.24, 2.45) is 5.92 Å². The molecule has 1 N–H and O–H groups in total. The highest BCUT2D eigenvalue weighted by molar-refractivity contribution is 7.47. The van der Waals surface area contributed by atoms with Gasteiger partial charge in [-0.3, -0.25) is 9.05 Å². The molecule has 31 heavy (non-hydrogen) atoms. The van der Waals surface area contributed by atoms with Crippen LogP contribution in [0, 0.1) is 5.92 Å². The fourth-order valence-corrected chi connectivity index (χ4v) is 5.73. The standard InChI is InChI=1S/C26H53O4P/c1-3-5-7-9-11-12-14-17-21-25(20-16-13-10-8-6-4-2)24-29-31(27,28)30-26-22-18-15-19-23-26/h25-26H,3-24H2,1-2H3,(H,27,28). The summed E-state index contributed by atoms with van der Waals surface area (Å²) in [4.78, 5) is 10.2. The SMILES string of the molecule is CCCCCCCCCCC(CCCCCCCC)COP(=O)(O)OC1CCCCC1. The van der Waals surface area contributed by atoms with Gasteiger partial charge in [-0.15, -0.1) is 0 Å². The van der Waals surface area contributed by atoms with E-state index in [2.05, 4.69) is 13.8 Å². The Bertz CT molecular complexity index is 437. The molecule has 1 aliphatic carbocycles. The molecular formula is C26H53O4P. The van der Waals surface area contributed by atoms with Crippen LogP contribution >= 0.6 is 7.82 Å². The molecule has 4 nitrogen and oxygen atoms in total. The van der Waals surface area contributed by atoms with E-state index < -0.39 is 7.82 Å². The number of rotatable bonds is 21. The molecule has 0 spiro atoms. The van der Waals surface area contributed by atoms with Crippen LogP contribution in [0.5, 0.6) is 0 Å². The zero-order valence-electron chi connectivity index (χ0n) is 20.8. The summed E-state index contributed by atoms with van der Waals surface area (Å²) in [7, 11) is -3.93. The van der Waals surface area contributed by atoms with Crippen LogP contribution in [0.2, 0.25) is 0 Å². The van der Waals surface area contributed by atoms with E-state index in [4.69, 9.17) is 9.05 Å². The van der Waals surface area contributed by atoms with Gasteiger partial charge in [-0.25, -0.2) is 4.57 Å². The lowest BCUT2D eigenvalue weighted by atomic mass is 9.95. The van der Waals surface area contributed by atoms with E-state index in [-0.39, 0.29) is 6.10 Å². The van der Waals surface area contributed by atoms with Crippen LogP contribution in [-0.2, 0) is 13.6 Å². The summed E-state index contributed by atoms with van der Waals surface area (Å²) in [6.07, 6.45) is 25.5. The Labute approximate surface area is 193 Å². The maximum Gasteiger partial charge on any atom is 0.472 e. The average Bonchev–Trinajstić information content (AvgIpc) is 2.76. The first-order valence-electron chi connectivity index (χ1n) is 13.7. The minimum absolute atomic E-state index is 0.102. The fourth-order valence-electron chi connectivity index (χ4n) is 4.68. The highest BCUT2D eigenvalue weighted by Gasteiger charge is 2.28. The molecule has 1 saturated carbocycles. The molecule has 1 rings (SSSR count). The van der Waals surface area contributed by atoms with E-state index in [0.717, 1.165) is 38.5 Å². The molecule has 186 valence electrons. The summed E-state index contributed by atoms with van der Waals surface area (Å²) in [5, 5.41) is 0. The monoisotopic (exact) mass is 460 g/mol. The van der Waals surface area contributed by atoms with Gasteiger partial charge in [0, 0.05) is 0 Å². The van der Waals surface area contributed by atoms with Gasteiger partial charge in [0.25, 0.3) is 0 Å². The smallest absolute Gasteiger partial charge is 0.302 e. The van der Waals surface area contributed by atoms with Gasteiger partial charge in [-0.05, 0) is 31.6 Å². The highest BCUT2D eigenvalue weighted by Crippen LogP contribution is 2.47. The fraction of sp³-hybridized carbons (Fsp3) is 1.00. The van der Waals surface area contributed by atoms with Gasteiger partial charge >= 0.3 is 7.82 Å². The van der Waals surface area contributed by atoms with Crippen LogP contribution in [0.25, 0.3) is 0 Å². The van der Waals surface area contributed by atoms with Crippen molar-refractivity contribution in [3.05, 3.63) is 0 Å². The molecule has 0 saturated heterocycles. The molecule has 5 heteroatoms. The van der Waals surface area contributed by atoms with Gasteiger partial charge in [0.2, 0.25) is 0 Å². The van der Waals surface area contributed by atoms with Crippen LogP contribution in [-0.4, -0.2) is 17.6 Å². The zero-order chi connectivity index (χ0) is 22.6. The average molecular weight is 461 g/mol. The quantitative estimate of drug-likeness (QED) is 0.137. The van der Waals surface area contributed by atoms with Crippen molar-refractivity contribution in [1.82, 2.24) is 0 Å². The third kappa shape index (κ3) is 17.3. The van der Waals surface area contributed by atoms with E-state index in [0.29, 0.717) is 12.5 Å². The predicted molar refractivity (Wildman–Crippen MR) is 132 cm³/mol. The van der Waals surface area contributed by atoms with Crippen molar-refractivity contribution in [3.63, 3.8) is 0 Å². The van der Waals surface area contributed by atoms with Gasteiger partial charge in [0.15, 0.2) is 0 Å². The van der Waals surface area contributed by atoms with E-state index in [1.807, 2.05) is 0 Å². The molecular weight excluding hydrogens is 407 g/mol. The Balaban J connectivity index is 2.30. The van der Waals surface area contributed by atoms with Gasteiger partial charge < -0.3 is 4.89 Å². The van der Waals surface area contributed by atoms with E-state index in [1.165, 1.54) is 96.3 Å². The van der Waals surface area contributed by atoms with Crippen molar-refractivity contribution in [2.45, 2.75) is 155 Å². The number of phosphoric acid groups is 1. The lowest BCUT2D eigenvalue weighted by molar-refractivity contribution is 0.0722. The van der Waals surface area contributed by atoms with Gasteiger partial charge in [0.05, 0.1) is 12.7 Å². The van der Waals surface area contributed by atoms with Gasteiger partial charge in [0.1, 0.15) is 0 Å². The minimum atomic E-state index is -3.93. The molecule has 0 bridgehead atoms. The number of hydrogen-bond acceptors (Lipinski definition) is 3. The van der Waals surface area contributed by atoms with Crippen molar-refractivity contribution < 1.29 is 18.5 Å². The van der Waals surface area contributed by atoms with Crippen molar-refractivity contribution in [2.75, 3.05) is 6.61 Å². The summed E-state index contributed by atoms with van der Waals surface area (Å²) < 4.78 is 23.4. The maximum atomic E-state index is 12.4. The summed E-state index contributed by atoms with van der Waals surface area (Å²) in [5.74, 6) is 0.377. The van der Waals surface area contributed by atoms with Crippen LogP contribution in [0.4, 0.5) is 0 Å². The molecule has 0 aromatic heterocycles. The van der Waals surface area contributed by atoms with Crippen LogP contribution in [0.1, 0.15) is 149 Å². The second-order valence-electron chi connectivity index (χ2n) is 9.82. The van der Waals surface area contributed by atoms with Crippen LogP contribution in [0.15, 0.2) is 0 Å². The first-order valence-corrected chi connectivity index (χ1v) is 15.2. The molecule has 0 radical (unpaired) electrons. The van der Waals surface area contributed by atoms with Crippen LogP contribution < -0.4 is 0 Å². The number of unbranched alkanes of at least 4 members (excludes halogenated alkanes) is 12. The molecule has 1 aliphatic rings. The highest BCUT2D eigenvalue weighted by atomic mass is 31.2. The molecule has 0 aromatic rings. The molecule has 2 unspecified atom stereocenters. The topological polar surface area (TPSA) is 55.8 Å². The Hall–Kier alpha value is 0.110. The molecule has 0 aromatic carbocycles. The minimum Gasteiger partial charge on any atom is -0.302 e. The molecule has 2 atom stereocenters. The van der Waals surface area contributed by atoms with Crippen molar-refractivity contribution >= 4 is 7.82 Å². The van der Waals surface area contributed by atoms with E-state index >= 15 is 0 Å². The summed E-state index contributed by atoms with van der Waals surface area (Å²) in [6, 6.07) is 0. The maximum absolute atomic E-state index is 12.4. The third-order valence-electron chi connectivity index (χ3n) is 6.74. The summed E-state index contributed by atoms with van der Waals surface area (Å²) >= 11 is 0. The predicted octanol–water partition coefficient (Wildman–Crippen LogP) is 9.35. The first-order chi connectivity index (χ1) is 15.1. The lowest BCUT2D eigenvalue weighted by Gasteiger charge is -2.25. The third-order valence-corrected chi connectivity index (χ3v) is 7.78. The zero-order valence-corrected chi connectivity index (χ0v) is 21.7. The normalized spacial score (nSPS) is 18.2. The van der Waals surface area contributed by atoms with Crippen molar-refractivity contribution in [1.29, 1.82) is 0 Å². The number of hydrogen-bond donors (Lipinski definition) is 1. The Morgan fingerprint density at radius 3 is 1.68 bits per heavy atom. The van der Waals surface area contributed by atoms with Gasteiger partial charge in [-0.2, -0.15) is 0 Å². The lowest BCUT2D eigenvalue weighted by Crippen LogP contribution is -2.17. The number of phosphoric ester groups is 1. The van der Waals surface area contributed by atoms with Gasteiger partial charge in [-0.1, -0.05) is 123 Å². The van der Waals surface area contributed by atoms with E-state index in [1.54, 1.807) is 0 Å². The Morgan fingerprint density at radius 2 is 1.19 bits per heavy atom.